The van der Waals surface area contributed by atoms with Crippen molar-refractivity contribution in [1.82, 2.24) is 20.1 Å². The van der Waals surface area contributed by atoms with Crippen molar-refractivity contribution < 1.29 is 13.2 Å². The highest BCUT2D eigenvalue weighted by Gasteiger charge is 2.36. The summed E-state index contributed by atoms with van der Waals surface area (Å²) in [7, 11) is -1.69. The Kier molecular flexibility index (Phi) is 4.04. The van der Waals surface area contributed by atoms with Crippen LogP contribution in [0.25, 0.3) is 0 Å². The Labute approximate surface area is 140 Å². The predicted molar refractivity (Wildman–Crippen MR) is 89.5 cm³/mol. The minimum absolute atomic E-state index is 0.102. The second kappa shape index (κ2) is 5.90. The van der Waals surface area contributed by atoms with Crippen LogP contribution in [-0.2, 0) is 10.0 Å². The molecule has 0 saturated heterocycles. The van der Waals surface area contributed by atoms with Gasteiger partial charge in [-0.25, -0.2) is 13.4 Å². The number of rotatable bonds is 4. The van der Waals surface area contributed by atoms with Gasteiger partial charge >= 0.3 is 0 Å². The molecule has 0 fully saturated rings. The van der Waals surface area contributed by atoms with Crippen molar-refractivity contribution in [1.29, 1.82) is 0 Å². The van der Waals surface area contributed by atoms with E-state index in [4.69, 9.17) is 0 Å². The molecule has 1 amide bonds. The molecule has 1 atom stereocenters. The summed E-state index contributed by atoms with van der Waals surface area (Å²) in [5.74, 6) is 0.196. The van der Waals surface area contributed by atoms with Crippen LogP contribution in [0.15, 0.2) is 24.5 Å². The topological polar surface area (TPSA) is 99.3 Å². The van der Waals surface area contributed by atoms with Crippen LogP contribution in [0.4, 0.5) is 5.69 Å². The highest BCUT2D eigenvalue weighted by molar-refractivity contribution is 7.92. The maximum Gasteiger partial charge on any atom is 0.253 e. The summed E-state index contributed by atoms with van der Waals surface area (Å²) in [6, 6.07) is 5.10. The van der Waals surface area contributed by atoms with E-state index in [0.717, 1.165) is 5.56 Å². The number of aromatic nitrogens is 3. The average molecular weight is 349 g/mol. The zero-order valence-electron chi connectivity index (χ0n) is 13.7. The van der Waals surface area contributed by atoms with Gasteiger partial charge in [-0.3, -0.25) is 14.2 Å². The normalized spacial score (nSPS) is 17.0. The molecule has 1 N–H and O–H groups in total. The number of benzene rings is 1. The molecule has 0 bridgehead atoms. The van der Waals surface area contributed by atoms with E-state index in [9.17, 15) is 13.2 Å². The molecule has 1 aliphatic rings. The third-order valence-electron chi connectivity index (χ3n) is 4.25. The number of sulfonamides is 1. The maximum atomic E-state index is 12.4. The number of carbonyl (C=O) groups is 1. The molecule has 1 aliphatic heterocycles. The van der Waals surface area contributed by atoms with Crippen molar-refractivity contribution in [2.75, 3.05) is 30.7 Å². The van der Waals surface area contributed by atoms with E-state index in [1.165, 1.54) is 16.9 Å². The Balaban J connectivity index is 2.10. The number of hydrogen-bond donors (Lipinski definition) is 1. The van der Waals surface area contributed by atoms with Gasteiger partial charge in [0.2, 0.25) is 10.0 Å². The van der Waals surface area contributed by atoms with Gasteiger partial charge in [0.1, 0.15) is 12.2 Å². The van der Waals surface area contributed by atoms with Gasteiger partial charge in [0.25, 0.3) is 5.91 Å². The number of hydrogen-bond acceptors (Lipinski definition) is 5. The number of amides is 1. The zero-order valence-corrected chi connectivity index (χ0v) is 14.5. The predicted octanol–water partition coefficient (Wildman–Crippen LogP) is 0.808. The molecule has 2 heterocycles. The molecule has 0 aliphatic carbocycles. The molecule has 3 rings (SSSR count). The highest BCUT2D eigenvalue weighted by Crippen LogP contribution is 2.40. The molecule has 9 heteroatoms. The van der Waals surface area contributed by atoms with Crippen molar-refractivity contribution in [3.8, 4) is 0 Å². The summed E-state index contributed by atoms with van der Waals surface area (Å²) in [6.07, 6.45) is 2.56. The largest absolute Gasteiger partial charge is 0.342 e. The molecular formula is C15H19N5O3S. The zero-order chi connectivity index (χ0) is 17.5. The summed E-state index contributed by atoms with van der Waals surface area (Å²) >= 11 is 0. The number of H-pyrrole nitrogens is 1. The molecule has 1 unspecified atom stereocenters. The van der Waals surface area contributed by atoms with E-state index in [1.54, 1.807) is 30.1 Å². The monoisotopic (exact) mass is 349 g/mol. The Morgan fingerprint density at radius 2 is 2.21 bits per heavy atom. The van der Waals surface area contributed by atoms with Gasteiger partial charge in [0, 0.05) is 25.7 Å². The van der Waals surface area contributed by atoms with Crippen molar-refractivity contribution >= 4 is 21.6 Å². The standard InChI is InChI=1S/C15H19N5O3S/c1-4-19(2)15(21)10-5-6-13-11(7-10)12(14-16-9-17-18-14)8-20(13)24(3,22)23/h5-7,9,12H,4,8H2,1-3H3,(H,16,17,18). The molecule has 1 aromatic heterocycles. The molecule has 128 valence electrons. The molecule has 0 radical (unpaired) electrons. The summed E-state index contributed by atoms with van der Waals surface area (Å²) in [6.45, 7) is 2.73. The molecule has 2 aromatic rings. The van der Waals surface area contributed by atoms with E-state index in [1.807, 2.05) is 6.92 Å². The minimum Gasteiger partial charge on any atom is -0.342 e. The lowest BCUT2D eigenvalue weighted by Gasteiger charge is -2.17. The quantitative estimate of drug-likeness (QED) is 0.880. The van der Waals surface area contributed by atoms with Gasteiger partial charge in [0.15, 0.2) is 0 Å². The lowest BCUT2D eigenvalue weighted by Crippen LogP contribution is -2.29. The number of nitrogens with one attached hydrogen (secondary N) is 1. The van der Waals surface area contributed by atoms with Crippen molar-refractivity contribution in [3.05, 3.63) is 41.5 Å². The first-order valence-corrected chi connectivity index (χ1v) is 9.40. The molecule has 24 heavy (non-hydrogen) atoms. The number of aromatic amines is 1. The summed E-state index contributed by atoms with van der Waals surface area (Å²) in [5, 5.41) is 6.64. The van der Waals surface area contributed by atoms with Gasteiger partial charge in [0.05, 0.1) is 17.9 Å². The lowest BCUT2D eigenvalue weighted by atomic mass is 9.98. The Hall–Kier alpha value is -2.42. The third-order valence-corrected chi connectivity index (χ3v) is 5.40. The molecule has 0 saturated carbocycles. The average Bonchev–Trinajstić information content (AvgIpc) is 3.19. The van der Waals surface area contributed by atoms with Gasteiger partial charge in [-0.2, -0.15) is 5.10 Å². The van der Waals surface area contributed by atoms with Gasteiger partial charge < -0.3 is 4.90 Å². The summed E-state index contributed by atoms with van der Waals surface area (Å²) in [4.78, 5) is 18.2. The van der Waals surface area contributed by atoms with Gasteiger partial charge in [-0.15, -0.1) is 0 Å². The summed E-state index contributed by atoms with van der Waals surface area (Å²) < 4.78 is 25.5. The van der Waals surface area contributed by atoms with Crippen LogP contribution < -0.4 is 4.31 Å². The Morgan fingerprint density at radius 1 is 1.46 bits per heavy atom. The Bertz CT molecular complexity index is 863. The number of fused-ring (bicyclic) bond motifs is 1. The van der Waals surface area contributed by atoms with E-state index >= 15 is 0 Å². The first-order valence-electron chi connectivity index (χ1n) is 7.55. The number of anilines is 1. The fraction of sp³-hybridized carbons (Fsp3) is 0.400. The highest BCUT2D eigenvalue weighted by atomic mass is 32.2. The van der Waals surface area contributed by atoms with Crippen LogP contribution in [-0.4, -0.2) is 60.8 Å². The van der Waals surface area contributed by atoms with Gasteiger partial charge in [-0.1, -0.05) is 0 Å². The fourth-order valence-corrected chi connectivity index (χ4v) is 3.79. The first kappa shape index (κ1) is 16.4. The fourth-order valence-electron chi connectivity index (χ4n) is 2.85. The van der Waals surface area contributed by atoms with E-state index < -0.39 is 10.0 Å². The molecule has 0 spiro atoms. The van der Waals surface area contributed by atoms with Crippen LogP contribution in [0.5, 0.6) is 0 Å². The van der Waals surface area contributed by atoms with E-state index in [0.29, 0.717) is 23.6 Å². The van der Waals surface area contributed by atoms with Crippen LogP contribution in [0.3, 0.4) is 0 Å². The van der Waals surface area contributed by atoms with Crippen LogP contribution in [0, 0.1) is 0 Å². The van der Waals surface area contributed by atoms with Crippen molar-refractivity contribution in [2.45, 2.75) is 12.8 Å². The molecular weight excluding hydrogens is 330 g/mol. The lowest BCUT2D eigenvalue weighted by molar-refractivity contribution is 0.0802. The third kappa shape index (κ3) is 2.75. The van der Waals surface area contributed by atoms with E-state index in [2.05, 4.69) is 15.2 Å². The summed E-state index contributed by atoms with van der Waals surface area (Å²) in [5.41, 5.74) is 1.86. The van der Waals surface area contributed by atoms with E-state index in [-0.39, 0.29) is 18.4 Å². The van der Waals surface area contributed by atoms with Crippen LogP contribution >= 0.6 is 0 Å². The number of nitrogens with zero attached hydrogens (tertiary/aromatic N) is 4. The SMILES string of the molecule is CCN(C)C(=O)c1ccc2c(c1)C(c1ncn[nH]1)CN2S(C)(=O)=O. The van der Waals surface area contributed by atoms with Crippen molar-refractivity contribution in [3.63, 3.8) is 0 Å². The van der Waals surface area contributed by atoms with Crippen molar-refractivity contribution in [2.24, 2.45) is 0 Å². The molecule has 8 nitrogen and oxygen atoms in total. The maximum absolute atomic E-state index is 12.4. The Morgan fingerprint density at radius 3 is 2.79 bits per heavy atom. The van der Waals surface area contributed by atoms with Gasteiger partial charge in [-0.05, 0) is 30.7 Å². The minimum atomic E-state index is -3.42. The number of carbonyl (C=O) groups excluding carboxylic acids is 1. The molecule has 1 aromatic carbocycles. The first-order chi connectivity index (χ1) is 11.3. The second-order valence-electron chi connectivity index (χ2n) is 5.81. The van der Waals surface area contributed by atoms with Crippen LogP contribution in [0.1, 0.15) is 34.6 Å². The van der Waals surface area contributed by atoms with Crippen LogP contribution in [0.2, 0.25) is 0 Å². The second-order valence-corrected chi connectivity index (χ2v) is 7.72. The smallest absolute Gasteiger partial charge is 0.253 e.